The zero-order chi connectivity index (χ0) is 11.5. The molecule has 2 atom stereocenters. The molecule has 3 heteroatoms. The first kappa shape index (κ1) is 11.7. The van der Waals surface area contributed by atoms with E-state index in [2.05, 4.69) is 13.8 Å². The normalized spacial score (nSPS) is 26.1. The highest BCUT2D eigenvalue weighted by Gasteiger charge is 2.36. The molecule has 1 fully saturated rings. The summed E-state index contributed by atoms with van der Waals surface area (Å²) in [5, 5.41) is 0.233. The van der Waals surface area contributed by atoms with E-state index >= 15 is 0 Å². The van der Waals surface area contributed by atoms with Gasteiger partial charge in [-0.05, 0) is 11.5 Å². The van der Waals surface area contributed by atoms with Gasteiger partial charge < -0.3 is 4.74 Å². The Balaban J connectivity index is 2.30. The molecule has 1 aromatic carbocycles. The van der Waals surface area contributed by atoms with E-state index in [9.17, 15) is 4.79 Å². The maximum Gasteiger partial charge on any atom is 0.201 e. The third kappa shape index (κ3) is 2.30. The SMILES string of the molecule is CC(C)[C@H]1OCSC(=O)[C@H]1c1ccccc1. The van der Waals surface area contributed by atoms with Gasteiger partial charge in [-0.3, -0.25) is 4.79 Å². The Kier molecular flexibility index (Phi) is 3.66. The minimum absolute atomic E-state index is 0.0103. The Morgan fingerprint density at radius 3 is 2.62 bits per heavy atom. The van der Waals surface area contributed by atoms with Crippen molar-refractivity contribution >= 4 is 16.9 Å². The number of ether oxygens (including phenoxy) is 1. The molecule has 0 N–H and O–H groups in total. The van der Waals surface area contributed by atoms with E-state index in [0.717, 1.165) is 5.56 Å². The predicted octanol–water partition coefficient (Wildman–Crippen LogP) is 3.04. The van der Waals surface area contributed by atoms with Crippen molar-refractivity contribution < 1.29 is 9.53 Å². The van der Waals surface area contributed by atoms with E-state index in [-0.39, 0.29) is 17.1 Å². The maximum absolute atomic E-state index is 12.0. The number of benzene rings is 1. The van der Waals surface area contributed by atoms with Gasteiger partial charge >= 0.3 is 0 Å². The molecule has 2 rings (SSSR count). The molecule has 0 radical (unpaired) electrons. The van der Waals surface area contributed by atoms with Crippen LogP contribution in [0.4, 0.5) is 0 Å². The lowest BCUT2D eigenvalue weighted by molar-refractivity contribution is -0.118. The Labute approximate surface area is 100 Å². The van der Waals surface area contributed by atoms with Crippen LogP contribution in [-0.4, -0.2) is 17.2 Å². The molecule has 16 heavy (non-hydrogen) atoms. The summed E-state index contributed by atoms with van der Waals surface area (Å²) >= 11 is 1.28. The number of carbonyl (C=O) groups excluding carboxylic acids is 1. The van der Waals surface area contributed by atoms with E-state index in [0.29, 0.717) is 11.9 Å². The first-order valence-electron chi connectivity index (χ1n) is 5.53. The molecule has 1 saturated heterocycles. The predicted molar refractivity (Wildman–Crippen MR) is 66.4 cm³/mol. The van der Waals surface area contributed by atoms with Crippen molar-refractivity contribution in [2.75, 3.05) is 5.94 Å². The molecule has 2 nitrogen and oxygen atoms in total. The van der Waals surface area contributed by atoms with Crippen LogP contribution in [0.15, 0.2) is 30.3 Å². The molecule has 1 aromatic rings. The van der Waals surface area contributed by atoms with Crippen LogP contribution in [0, 0.1) is 5.92 Å². The standard InChI is InChI=1S/C13H16O2S/c1-9(2)12-11(13(14)16-8-15-12)10-6-4-3-5-7-10/h3-7,9,11-12H,8H2,1-2H3/t11-,12+/m0/s1. The Morgan fingerprint density at radius 2 is 2.00 bits per heavy atom. The second-order valence-electron chi connectivity index (χ2n) is 4.34. The molecule has 1 heterocycles. The van der Waals surface area contributed by atoms with E-state index in [1.54, 1.807) is 0 Å². The number of thioether (sulfide) groups is 1. The smallest absolute Gasteiger partial charge is 0.201 e. The van der Waals surface area contributed by atoms with Gasteiger partial charge in [0.15, 0.2) is 0 Å². The summed E-state index contributed by atoms with van der Waals surface area (Å²) in [6.45, 7) is 4.20. The van der Waals surface area contributed by atoms with Crippen molar-refractivity contribution in [3.05, 3.63) is 35.9 Å². The molecule has 0 saturated carbocycles. The highest BCUT2D eigenvalue weighted by molar-refractivity contribution is 8.13. The van der Waals surface area contributed by atoms with Crippen LogP contribution >= 0.6 is 11.8 Å². The third-order valence-electron chi connectivity index (χ3n) is 2.86. The van der Waals surface area contributed by atoms with Crippen molar-refractivity contribution in [1.82, 2.24) is 0 Å². The van der Waals surface area contributed by atoms with Crippen LogP contribution in [0.2, 0.25) is 0 Å². The van der Waals surface area contributed by atoms with Crippen molar-refractivity contribution in [3.8, 4) is 0 Å². The summed E-state index contributed by atoms with van der Waals surface area (Å²) in [5.74, 6) is 0.736. The zero-order valence-electron chi connectivity index (χ0n) is 9.55. The first-order valence-corrected chi connectivity index (χ1v) is 6.52. The van der Waals surface area contributed by atoms with E-state index < -0.39 is 0 Å². The lowest BCUT2D eigenvalue weighted by Gasteiger charge is -2.32. The molecule has 0 amide bonds. The summed E-state index contributed by atoms with van der Waals surface area (Å²) in [4.78, 5) is 12.0. The highest BCUT2D eigenvalue weighted by Crippen LogP contribution is 2.35. The summed E-state index contributed by atoms with van der Waals surface area (Å²) in [6.07, 6.45) is 0.0103. The summed E-state index contributed by atoms with van der Waals surface area (Å²) < 4.78 is 5.72. The van der Waals surface area contributed by atoms with Gasteiger partial charge in [-0.2, -0.15) is 0 Å². The van der Waals surface area contributed by atoms with Crippen LogP contribution in [0.1, 0.15) is 25.3 Å². The topological polar surface area (TPSA) is 26.3 Å². The summed E-state index contributed by atoms with van der Waals surface area (Å²) in [5.41, 5.74) is 1.07. The fourth-order valence-corrected chi connectivity index (χ4v) is 2.85. The zero-order valence-corrected chi connectivity index (χ0v) is 10.4. The lowest BCUT2D eigenvalue weighted by atomic mass is 9.88. The first-order chi connectivity index (χ1) is 7.70. The van der Waals surface area contributed by atoms with E-state index in [1.807, 2.05) is 30.3 Å². The molecule has 0 unspecified atom stereocenters. The number of carbonyl (C=O) groups is 1. The van der Waals surface area contributed by atoms with Crippen LogP contribution in [0.5, 0.6) is 0 Å². The van der Waals surface area contributed by atoms with Gasteiger partial charge in [0.2, 0.25) is 5.12 Å². The number of hydrogen-bond donors (Lipinski definition) is 0. The molecule has 0 spiro atoms. The fraction of sp³-hybridized carbons (Fsp3) is 0.462. The summed E-state index contributed by atoms with van der Waals surface area (Å²) in [6, 6.07) is 9.92. The van der Waals surface area contributed by atoms with Gasteiger partial charge in [0.1, 0.15) is 0 Å². The highest BCUT2D eigenvalue weighted by atomic mass is 32.2. The van der Waals surface area contributed by atoms with Crippen molar-refractivity contribution in [3.63, 3.8) is 0 Å². The molecule has 0 aromatic heterocycles. The second-order valence-corrected chi connectivity index (χ2v) is 5.27. The molecular weight excluding hydrogens is 220 g/mol. The van der Waals surface area contributed by atoms with Crippen molar-refractivity contribution in [2.45, 2.75) is 25.9 Å². The van der Waals surface area contributed by atoms with Crippen LogP contribution in [-0.2, 0) is 9.53 Å². The van der Waals surface area contributed by atoms with Gasteiger partial charge in [-0.25, -0.2) is 0 Å². The van der Waals surface area contributed by atoms with Gasteiger partial charge in [0.25, 0.3) is 0 Å². The Bertz CT molecular complexity index is 361. The average molecular weight is 236 g/mol. The molecule has 1 aliphatic rings. The summed E-state index contributed by atoms with van der Waals surface area (Å²) in [7, 11) is 0. The second kappa shape index (κ2) is 5.02. The minimum Gasteiger partial charge on any atom is -0.366 e. The van der Waals surface area contributed by atoms with Crippen molar-refractivity contribution in [1.29, 1.82) is 0 Å². The average Bonchev–Trinajstić information content (AvgIpc) is 2.29. The third-order valence-corrected chi connectivity index (χ3v) is 3.65. The van der Waals surface area contributed by atoms with Gasteiger partial charge in [-0.1, -0.05) is 55.9 Å². The molecule has 1 aliphatic heterocycles. The quantitative estimate of drug-likeness (QED) is 0.789. The van der Waals surface area contributed by atoms with Gasteiger partial charge in [0.05, 0.1) is 18.0 Å². The van der Waals surface area contributed by atoms with Crippen molar-refractivity contribution in [2.24, 2.45) is 5.92 Å². The molecule has 0 bridgehead atoms. The maximum atomic E-state index is 12.0. The number of rotatable bonds is 2. The van der Waals surface area contributed by atoms with Gasteiger partial charge in [-0.15, -0.1) is 0 Å². The van der Waals surface area contributed by atoms with Gasteiger partial charge in [0, 0.05) is 0 Å². The Morgan fingerprint density at radius 1 is 1.31 bits per heavy atom. The lowest BCUT2D eigenvalue weighted by Crippen LogP contribution is -2.35. The molecule has 0 aliphatic carbocycles. The number of hydrogen-bond acceptors (Lipinski definition) is 3. The molecule has 86 valence electrons. The Hall–Kier alpha value is -0.800. The minimum atomic E-state index is -0.111. The monoisotopic (exact) mass is 236 g/mol. The molecular formula is C13H16O2S. The van der Waals surface area contributed by atoms with Crippen LogP contribution in [0.3, 0.4) is 0 Å². The van der Waals surface area contributed by atoms with Crippen LogP contribution in [0.25, 0.3) is 0 Å². The van der Waals surface area contributed by atoms with Crippen LogP contribution < -0.4 is 0 Å². The largest absolute Gasteiger partial charge is 0.366 e. The van der Waals surface area contributed by atoms with E-state index in [4.69, 9.17) is 4.74 Å². The van der Waals surface area contributed by atoms with E-state index in [1.165, 1.54) is 11.8 Å². The fourth-order valence-electron chi connectivity index (χ4n) is 2.05.